The van der Waals surface area contributed by atoms with Gasteiger partial charge in [-0.3, -0.25) is 9.10 Å². The van der Waals surface area contributed by atoms with Gasteiger partial charge in [0.05, 0.1) is 29.9 Å². The van der Waals surface area contributed by atoms with Crippen LogP contribution < -0.4 is 19.9 Å². The summed E-state index contributed by atoms with van der Waals surface area (Å²) in [6, 6.07) is 6.20. The molecule has 9 nitrogen and oxygen atoms in total. The monoisotopic (exact) mass is 479 g/mol. The van der Waals surface area contributed by atoms with Crippen LogP contribution in [0.25, 0.3) is 10.9 Å². The number of anilines is 2. The minimum absolute atomic E-state index is 0.108. The van der Waals surface area contributed by atoms with Gasteiger partial charge < -0.3 is 15.0 Å². The van der Waals surface area contributed by atoms with Crippen LogP contribution in [0.1, 0.15) is 32.4 Å². The molecular weight excluding hydrogens is 454 g/mol. The molecule has 11 heteroatoms. The molecular formula is C21H26ClN5O4S. The lowest BCUT2D eigenvalue weighted by molar-refractivity contribution is 0.415. The number of rotatable bonds is 8. The maximum atomic E-state index is 12.7. The quantitative estimate of drug-likeness (QED) is 0.507. The van der Waals surface area contributed by atoms with E-state index in [1.807, 2.05) is 13.8 Å². The summed E-state index contributed by atoms with van der Waals surface area (Å²) in [5, 5.41) is 4.26. The molecule has 1 atom stereocenters. The largest absolute Gasteiger partial charge is 0.495 e. The third kappa shape index (κ3) is 5.31. The fourth-order valence-electron chi connectivity index (χ4n) is 3.26. The second kappa shape index (κ2) is 9.33. The van der Waals surface area contributed by atoms with Gasteiger partial charge in [-0.25, -0.2) is 13.4 Å². The van der Waals surface area contributed by atoms with E-state index in [1.54, 1.807) is 25.1 Å². The Bertz CT molecular complexity index is 1290. The van der Waals surface area contributed by atoms with Gasteiger partial charge in [-0.2, -0.15) is 4.98 Å². The maximum absolute atomic E-state index is 12.7. The van der Waals surface area contributed by atoms with Crippen LogP contribution in [-0.4, -0.2) is 43.3 Å². The first-order valence-corrected chi connectivity index (χ1v) is 12.2. The highest BCUT2D eigenvalue weighted by atomic mass is 35.5. The molecule has 0 amide bonds. The molecule has 0 saturated carbocycles. The molecule has 2 N–H and O–H groups in total. The molecule has 32 heavy (non-hydrogen) atoms. The third-order valence-corrected chi connectivity index (χ3v) is 6.22. The summed E-state index contributed by atoms with van der Waals surface area (Å²) in [7, 11) is -2.01. The summed E-state index contributed by atoms with van der Waals surface area (Å²) in [6.07, 6.45) is 2.62. The fourth-order valence-corrected chi connectivity index (χ4v) is 4.52. The van der Waals surface area contributed by atoms with Gasteiger partial charge in [0, 0.05) is 35.8 Å². The first kappa shape index (κ1) is 23.8. The van der Waals surface area contributed by atoms with E-state index in [0.717, 1.165) is 11.6 Å². The van der Waals surface area contributed by atoms with E-state index in [4.69, 9.17) is 16.3 Å². The van der Waals surface area contributed by atoms with Gasteiger partial charge in [0.25, 0.3) is 5.56 Å². The van der Waals surface area contributed by atoms with Crippen LogP contribution in [0.4, 0.5) is 11.8 Å². The highest BCUT2D eigenvalue weighted by Gasteiger charge is 2.21. The average Bonchev–Trinajstić information content (AvgIpc) is 2.70. The number of ether oxygens (including phenoxy) is 1. The van der Waals surface area contributed by atoms with Gasteiger partial charge in [0.1, 0.15) is 11.6 Å². The van der Waals surface area contributed by atoms with E-state index >= 15 is 0 Å². The molecule has 172 valence electrons. The number of methoxy groups -OCH3 is 1. The zero-order chi connectivity index (χ0) is 23.6. The Kier molecular flexibility index (Phi) is 6.94. The van der Waals surface area contributed by atoms with Crippen molar-refractivity contribution in [3.8, 4) is 5.75 Å². The van der Waals surface area contributed by atoms with Gasteiger partial charge in [-0.05, 0) is 25.0 Å². The fraction of sp³-hybridized carbons (Fsp3) is 0.381. The molecule has 2 heterocycles. The molecule has 2 aromatic heterocycles. The van der Waals surface area contributed by atoms with Crippen molar-refractivity contribution in [2.24, 2.45) is 5.92 Å². The molecule has 0 aliphatic heterocycles. The van der Waals surface area contributed by atoms with Gasteiger partial charge in [-0.1, -0.05) is 25.4 Å². The molecule has 0 spiro atoms. The molecule has 1 aromatic carbocycles. The number of pyridine rings is 1. The normalized spacial score (nSPS) is 12.7. The van der Waals surface area contributed by atoms with Crippen molar-refractivity contribution in [2.45, 2.75) is 26.8 Å². The van der Waals surface area contributed by atoms with E-state index < -0.39 is 16.1 Å². The van der Waals surface area contributed by atoms with E-state index in [2.05, 4.69) is 20.3 Å². The van der Waals surface area contributed by atoms with Crippen molar-refractivity contribution in [3.63, 3.8) is 0 Å². The molecule has 0 aliphatic rings. The van der Waals surface area contributed by atoms with Gasteiger partial charge in [0.2, 0.25) is 16.0 Å². The van der Waals surface area contributed by atoms with Crippen molar-refractivity contribution < 1.29 is 13.2 Å². The Labute approximate surface area is 191 Å². The SMILES string of the molecule is COc1cc2[nH]c(=O)c([C@H](C)Nc3nccc(N(CC(C)C)S(C)(=O)=O)n3)cc2cc1Cl. The molecule has 0 saturated heterocycles. The number of H-pyrrole nitrogens is 1. The number of aromatic amines is 1. The number of hydrogen-bond donors (Lipinski definition) is 2. The Morgan fingerprint density at radius 2 is 1.97 bits per heavy atom. The summed E-state index contributed by atoms with van der Waals surface area (Å²) < 4.78 is 30.9. The van der Waals surface area contributed by atoms with Crippen LogP contribution in [0, 0.1) is 5.92 Å². The number of sulfonamides is 1. The molecule has 0 aliphatic carbocycles. The Morgan fingerprint density at radius 1 is 1.25 bits per heavy atom. The zero-order valence-electron chi connectivity index (χ0n) is 18.5. The summed E-state index contributed by atoms with van der Waals surface area (Å²) in [5.74, 6) is 1.05. The van der Waals surface area contributed by atoms with Gasteiger partial charge in [-0.15, -0.1) is 0 Å². The standard InChI is InChI=1S/C21H26ClN5O4S/c1-12(2)11-27(32(5,29)30)19-6-7-23-21(26-19)24-13(3)15-8-14-9-16(22)18(31-4)10-17(14)25-20(15)28/h6-10,12-13H,11H2,1-5H3,(H,25,28)(H,23,24,26)/t13-/m0/s1. The van der Waals surface area contributed by atoms with Crippen LogP contribution >= 0.6 is 11.6 Å². The van der Waals surface area contributed by atoms with E-state index in [0.29, 0.717) is 28.4 Å². The molecule has 3 aromatic rings. The molecule has 0 fully saturated rings. The van der Waals surface area contributed by atoms with Crippen molar-refractivity contribution in [1.29, 1.82) is 0 Å². The zero-order valence-corrected chi connectivity index (χ0v) is 20.1. The van der Waals surface area contributed by atoms with Crippen LogP contribution in [0.15, 0.2) is 35.3 Å². The second-order valence-corrected chi connectivity index (χ2v) is 10.2. The Hall–Kier alpha value is -2.85. The van der Waals surface area contributed by atoms with Crippen LogP contribution in [0.5, 0.6) is 5.75 Å². The molecule has 0 bridgehead atoms. The van der Waals surface area contributed by atoms with Crippen molar-refractivity contribution in [1.82, 2.24) is 15.0 Å². The number of nitrogens with zero attached hydrogens (tertiary/aromatic N) is 3. The summed E-state index contributed by atoms with van der Waals surface area (Å²) in [4.78, 5) is 24.1. The summed E-state index contributed by atoms with van der Waals surface area (Å²) >= 11 is 6.22. The third-order valence-electron chi connectivity index (χ3n) is 4.79. The van der Waals surface area contributed by atoms with Crippen LogP contribution in [0.2, 0.25) is 5.02 Å². The van der Waals surface area contributed by atoms with Crippen LogP contribution in [0.3, 0.4) is 0 Å². The van der Waals surface area contributed by atoms with Gasteiger partial charge in [0.15, 0.2) is 0 Å². The number of nitrogens with one attached hydrogen (secondary N) is 2. The molecule has 0 radical (unpaired) electrons. The lowest BCUT2D eigenvalue weighted by Crippen LogP contribution is -2.34. The van der Waals surface area contributed by atoms with Crippen molar-refractivity contribution in [3.05, 3.63) is 51.4 Å². The first-order chi connectivity index (χ1) is 15.0. The topological polar surface area (TPSA) is 117 Å². The Morgan fingerprint density at radius 3 is 2.59 bits per heavy atom. The minimum Gasteiger partial charge on any atom is -0.495 e. The average molecular weight is 480 g/mol. The number of halogens is 1. The van der Waals surface area contributed by atoms with E-state index in [1.165, 1.54) is 23.7 Å². The minimum atomic E-state index is -3.51. The number of fused-ring (bicyclic) bond motifs is 1. The predicted molar refractivity (Wildman–Crippen MR) is 127 cm³/mol. The van der Waals surface area contributed by atoms with Gasteiger partial charge >= 0.3 is 0 Å². The lowest BCUT2D eigenvalue weighted by atomic mass is 10.1. The second-order valence-electron chi connectivity index (χ2n) is 7.92. The summed E-state index contributed by atoms with van der Waals surface area (Å²) in [6.45, 7) is 5.93. The van der Waals surface area contributed by atoms with Crippen molar-refractivity contribution >= 4 is 44.3 Å². The lowest BCUT2D eigenvalue weighted by Gasteiger charge is -2.23. The van der Waals surface area contributed by atoms with E-state index in [-0.39, 0.29) is 23.2 Å². The molecule has 0 unspecified atom stereocenters. The maximum Gasteiger partial charge on any atom is 0.253 e. The highest BCUT2D eigenvalue weighted by Crippen LogP contribution is 2.29. The summed E-state index contributed by atoms with van der Waals surface area (Å²) in [5.41, 5.74) is 0.772. The van der Waals surface area contributed by atoms with Crippen molar-refractivity contribution in [2.75, 3.05) is 29.5 Å². The first-order valence-electron chi connectivity index (χ1n) is 9.97. The number of hydrogen-bond acceptors (Lipinski definition) is 7. The van der Waals surface area contributed by atoms with E-state index in [9.17, 15) is 13.2 Å². The Balaban J connectivity index is 1.93. The van der Waals surface area contributed by atoms with Crippen LogP contribution in [-0.2, 0) is 10.0 Å². The smallest absolute Gasteiger partial charge is 0.253 e. The highest BCUT2D eigenvalue weighted by molar-refractivity contribution is 7.92. The number of benzene rings is 1. The molecule has 3 rings (SSSR count). The predicted octanol–water partition coefficient (Wildman–Crippen LogP) is 3.58. The number of aromatic nitrogens is 3.